The minimum atomic E-state index is -3.70. The number of nitrogens with one attached hydrogen (secondary N) is 1. The number of aryl methyl sites for hydroxylation is 1. The predicted molar refractivity (Wildman–Crippen MR) is 76.5 cm³/mol. The first-order valence-electron chi connectivity index (χ1n) is 5.77. The maximum atomic E-state index is 12.2. The summed E-state index contributed by atoms with van der Waals surface area (Å²) in [5.41, 5.74) is 0.780. The third kappa shape index (κ3) is 2.22. The Morgan fingerprint density at radius 2 is 2.25 bits per heavy atom. The van der Waals surface area contributed by atoms with Crippen LogP contribution >= 0.6 is 11.8 Å². The second-order valence-corrected chi connectivity index (χ2v) is 6.96. The van der Waals surface area contributed by atoms with Gasteiger partial charge in [-0.1, -0.05) is 11.8 Å². The van der Waals surface area contributed by atoms with Crippen molar-refractivity contribution in [1.82, 2.24) is 9.29 Å². The van der Waals surface area contributed by atoms with Gasteiger partial charge in [0.2, 0.25) is 0 Å². The molecule has 0 saturated heterocycles. The normalized spacial score (nSPS) is 15.6. The summed E-state index contributed by atoms with van der Waals surface area (Å²) >= 11 is 1.36. The van der Waals surface area contributed by atoms with E-state index < -0.39 is 15.8 Å². The Balaban J connectivity index is 2.04. The number of rotatable bonds is 2. The highest BCUT2D eigenvalue weighted by molar-refractivity contribution is 8.15. The molecule has 0 bridgehead atoms. The monoisotopic (exact) mass is 313 g/mol. The van der Waals surface area contributed by atoms with Crippen LogP contribution < -0.4 is 10.5 Å². The molecule has 0 saturated carbocycles. The van der Waals surface area contributed by atoms with Gasteiger partial charge in [-0.3, -0.25) is 14.3 Å². The first-order chi connectivity index (χ1) is 9.47. The highest BCUT2D eigenvalue weighted by Crippen LogP contribution is 2.19. The summed E-state index contributed by atoms with van der Waals surface area (Å²) in [5, 5.41) is 0.395. The minimum absolute atomic E-state index is 0.0663. The number of aliphatic imine (C=N–C) groups is 1. The van der Waals surface area contributed by atoms with Crippen molar-refractivity contribution in [3.05, 3.63) is 28.7 Å². The van der Waals surface area contributed by atoms with Gasteiger partial charge < -0.3 is 4.42 Å². The number of hydrogen-bond donors (Lipinski definition) is 1. The molecule has 1 aromatic heterocycles. The van der Waals surface area contributed by atoms with Crippen molar-refractivity contribution in [3.63, 3.8) is 0 Å². The van der Waals surface area contributed by atoms with Crippen molar-refractivity contribution in [2.24, 2.45) is 12.0 Å². The van der Waals surface area contributed by atoms with Crippen molar-refractivity contribution in [2.75, 3.05) is 12.3 Å². The van der Waals surface area contributed by atoms with Crippen molar-refractivity contribution >= 4 is 38.1 Å². The lowest BCUT2D eigenvalue weighted by Gasteiger charge is -2.06. The topological polar surface area (TPSA) is 93.7 Å². The lowest BCUT2D eigenvalue weighted by molar-refractivity contribution is 0.528. The molecule has 0 aliphatic carbocycles. The molecule has 0 amide bonds. The minimum Gasteiger partial charge on any atom is -0.408 e. The number of aromatic nitrogens is 1. The van der Waals surface area contributed by atoms with Gasteiger partial charge in [-0.25, -0.2) is 13.2 Å². The molecule has 1 aromatic carbocycles. The van der Waals surface area contributed by atoms with E-state index in [0.717, 1.165) is 5.75 Å². The van der Waals surface area contributed by atoms with E-state index in [-0.39, 0.29) is 4.90 Å². The molecule has 20 heavy (non-hydrogen) atoms. The van der Waals surface area contributed by atoms with E-state index >= 15 is 0 Å². The molecule has 2 heterocycles. The standard InChI is InChI=1S/C11H11N3O4S2/c1-14-8-6-7(2-3-9(8)18-11(14)15)20(16,17)13-10-12-4-5-19-10/h2-3,6H,4-5H2,1H3,(H,12,13). The zero-order valence-corrected chi connectivity index (χ0v) is 12.1. The number of amidine groups is 1. The summed E-state index contributed by atoms with van der Waals surface area (Å²) in [7, 11) is -2.18. The average Bonchev–Trinajstić information content (AvgIpc) is 2.98. The van der Waals surface area contributed by atoms with Crippen molar-refractivity contribution in [1.29, 1.82) is 0 Å². The molecule has 7 nitrogen and oxygen atoms in total. The lowest BCUT2D eigenvalue weighted by atomic mass is 10.3. The van der Waals surface area contributed by atoms with Crippen molar-refractivity contribution < 1.29 is 12.8 Å². The molecule has 0 radical (unpaired) electrons. The molecule has 0 spiro atoms. The third-order valence-corrected chi connectivity index (χ3v) is 5.24. The zero-order valence-electron chi connectivity index (χ0n) is 10.5. The fraction of sp³-hybridized carbons (Fsp3) is 0.273. The molecule has 0 unspecified atom stereocenters. The third-order valence-electron chi connectivity index (χ3n) is 2.88. The molecule has 0 fully saturated rings. The molecular formula is C11H11N3O4S2. The Morgan fingerprint density at radius 1 is 1.45 bits per heavy atom. The van der Waals surface area contributed by atoms with Gasteiger partial charge in [0.15, 0.2) is 10.8 Å². The summed E-state index contributed by atoms with van der Waals surface area (Å²) in [6, 6.07) is 4.27. The molecule has 2 aromatic rings. The Kier molecular flexibility index (Phi) is 3.09. The van der Waals surface area contributed by atoms with Crippen LogP contribution in [-0.4, -0.2) is 30.5 Å². The van der Waals surface area contributed by atoms with E-state index in [1.807, 2.05) is 0 Å². The van der Waals surface area contributed by atoms with Crippen molar-refractivity contribution in [2.45, 2.75) is 4.90 Å². The Bertz CT molecular complexity index is 863. The van der Waals surface area contributed by atoms with Gasteiger partial charge >= 0.3 is 5.76 Å². The van der Waals surface area contributed by atoms with Gasteiger partial charge in [0.1, 0.15) is 0 Å². The quantitative estimate of drug-likeness (QED) is 0.872. The molecular weight excluding hydrogens is 302 g/mol. The van der Waals surface area contributed by atoms with Gasteiger partial charge in [0.05, 0.1) is 17.0 Å². The fourth-order valence-electron chi connectivity index (χ4n) is 1.84. The van der Waals surface area contributed by atoms with Gasteiger partial charge in [-0.2, -0.15) is 0 Å². The van der Waals surface area contributed by atoms with Gasteiger partial charge in [-0.15, -0.1) is 0 Å². The largest absolute Gasteiger partial charge is 0.419 e. The second-order valence-electron chi connectivity index (χ2n) is 4.20. The first kappa shape index (κ1) is 13.3. The maximum absolute atomic E-state index is 12.2. The Labute approximate surface area is 118 Å². The van der Waals surface area contributed by atoms with Crippen LogP contribution in [0.1, 0.15) is 0 Å². The van der Waals surface area contributed by atoms with Crippen LogP contribution in [0, 0.1) is 0 Å². The van der Waals surface area contributed by atoms with Gasteiger partial charge in [-0.05, 0) is 18.2 Å². The number of oxazole rings is 1. The van der Waals surface area contributed by atoms with Crippen LogP contribution in [0.15, 0.2) is 37.3 Å². The summed E-state index contributed by atoms with van der Waals surface area (Å²) in [5.74, 6) is 0.242. The van der Waals surface area contributed by atoms with E-state index in [4.69, 9.17) is 4.42 Å². The molecule has 1 aliphatic heterocycles. The zero-order chi connectivity index (χ0) is 14.3. The maximum Gasteiger partial charge on any atom is 0.419 e. The summed E-state index contributed by atoms with van der Waals surface area (Å²) in [4.78, 5) is 15.5. The predicted octanol–water partition coefficient (Wildman–Crippen LogP) is 0.513. The number of nitrogens with zero attached hydrogens (tertiary/aromatic N) is 2. The molecule has 3 rings (SSSR count). The van der Waals surface area contributed by atoms with Crippen LogP contribution in [-0.2, 0) is 17.1 Å². The van der Waals surface area contributed by atoms with E-state index in [9.17, 15) is 13.2 Å². The van der Waals surface area contributed by atoms with Crippen LogP contribution in [0.5, 0.6) is 0 Å². The highest BCUT2D eigenvalue weighted by Gasteiger charge is 2.20. The van der Waals surface area contributed by atoms with E-state index in [1.165, 1.54) is 41.6 Å². The lowest BCUT2D eigenvalue weighted by Crippen LogP contribution is -2.27. The van der Waals surface area contributed by atoms with Gasteiger partial charge in [0, 0.05) is 12.8 Å². The number of fused-ring (bicyclic) bond motifs is 1. The highest BCUT2D eigenvalue weighted by atomic mass is 32.2. The van der Waals surface area contributed by atoms with Crippen LogP contribution in [0.25, 0.3) is 11.1 Å². The average molecular weight is 313 g/mol. The summed E-state index contributed by atoms with van der Waals surface area (Å²) in [6.07, 6.45) is 0. The van der Waals surface area contributed by atoms with E-state index in [2.05, 4.69) is 9.71 Å². The Morgan fingerprint density at radius 3 is 2.95 bits per heavy atom. The van der Waals surface area contributed by atoms with Gasteiger partial charge in [0.25, 0.3) is 10.0 Å². The molecule has 106 valence electrons. The van der Waals surface area contributed by atoms with Crippen LogP contribution in [0.2, 0.25) is 0 Å². The molecule has 9 heteroatoms. The van der Waals surface area contributed by atoms with E-state index in [0.29, 0.717) is 22.8 Å². The van der Waals surface area contributed by atoms with E-state index in [1.54, 1.807) is 0 Å². The number of hydrogen-bond acceptors (Lipinski definition) is 6. The first-order valence-corrected chi connectivity index (χ1v) is 8.24. The fourth-order valence-corrected chi connectivity index (χ4v) is 3.89. The van der Waals surface area contributed by atoms with Crippen LogP contribution in [0.4, 0.5) is 0 Å². The summed E-state index contributed by atoms with van der Waals surface area (Å²) in [6.45, 7) is 0.609. The smallest absolute Gasteiger partial charge is 0.408 e. The number of sulfonamides is 1. The molecule has 0 atom stereocenters. The molecule has 1 N–H and O–H groups in total. The summed E-state index contributed by atoms with van der Waals surface area (Å²) < 4.78 is 33.1. The number of thioether (sulfide) groups is 1. The Hall–Kier alpha value is -1.74. The van der Waals surface area contributed by atoms with Crippen LogP contribution in [0.3, 0.4) is 0 Å². The SMILES string of the molecule is Cn1c(=O)oc2ccc(S(=O)(=O)NC3=NCCS3)cc21. The van der Waals surface area contributed by atoms with Crippen molar-refractivity contribution in [3.8, 4) is 0 Å². The molecule has 1 aliphatic rings. The number of benzene rings is 1. The second kappa shape index (κ2) is 4.67.